The fourth-order valence-electron chi connectivity index (χ4n) is 2.62. The molecule has 1 heterocycles. The number of ether oxygens (including phenoxy) is 1. The monoisotopic (exact) mass is 264 g/mol. The number of anilines is 1. The van der Waals surface area contributed by atoms with Crippen LogP contribution >= 0.6 is 0 Å². The number of nitrogens with two attached hydrogens (primary N) is 1. The Morgan fingerprint density at radius 3 is 3.00 bits per heavy atom. The molecule has 106 valence electrons. The van der Waals surface area contributed by atoms with E-state index in [9.17, 15) is 0 Å². The minimum absolute atomic E-state index is 0.367. The molecule has 19 heavy (non-hydrogen) atoms. The summed E-state index contributed by atoms with van der Waals surface area (Å²) in [6.07, 6.45) is 4.76. The van der Waals surface area contributed by atoms with Gasteiger partial charge in [-0.25, -0.2) is 4.98 Å². The molecular formula is C14H24N4O. The van der Waals surface area contributed by atoms with Crippen molar-refractivity contribution < 1.29 is 4.74 Å². The molecule has 0 saturated heterocycles. The number of nitrogens with one attached hydrogen (secondary N) is 1. The van der Waals surface area contributed by atoms with Crippen LogP contribution in [0.2, 0.25) is 0 Å². The number of rotatable bonds is 5. The zero-order valence-corrected chi connectivity index (χ0v) is 11.9. The first-order chi connectivity index (χ1) is 9.17. The lowest BCUT2D eigenvalue weighted by Gasteiger charge is -2.26. The Kier molecular flexibility index (Phi) is 4.96. The molecular weight excluding hydrogens is 240 g/mol. The molecule has 0 amide bonds. The van der Waals surface area contributed by atoms with Crippen LogP contribution < -0.4 is 15.8 Å². The Morgan fingerprint density at radius 1 is 1.42 bits per heavy atom. The topological polar surface area (TPSA) is 73.1 Å². The van der Waals surface area contributed by atoms with Crippen molar-refractivity contribution in [3.63, 3.8) is 0 Å². The maximum absolute atomic E-state index is 6.01. The predicted octanol–water partition coefficient (Wildman–Crippen LogP) is 2.11. The van der Waals surface area contributed by atoms with Crippen molar-refractivity contribution in [3.8, 4) is 5.88 Å². The first-order valence-corrected chi connectivity index (χ1v) is 7.15. The average Bonchev–Trinajstić information content (AvgIpc) is 2.36. The van der Waals surface area contributed by atoms with Crippen LogP contribution in [0, 0.1) is 12.8 Å². The van der Waals surface area contributed by atoms with Gasteiger partial charge in [0.1, 0.15) is 11.6 Å². The molecule has 1 aromatic heterocycles. The molecule has 2 unspecified atom stereocenters. The Labute approximate surface area is 115 Å². The minimum atomic E-state index is 0.367. The largest absolute Gasteiger partial charge is 0.478 e. The van der Waals surface area contributed by atoms with E-state index < -0.39 is 0 Å². The molecule has 5 heteroatoms. The number of aryl methyl sites for hydroxylation is 1. The van der Waals surface area contributed by atoms with Gasteiger partial charge >= 0.3 is 0 Å². The summed E-state index contributed by atoms with van der Waals surface area (Å²) in [5.74, 6) is 2.86. The van der Waals surface area contributed by atoms with Gasteiger partial charge in [0.25, 0.3) is 0 Å². The second kappa shape index (κ2) is 6.70. The normalized spacial score (nSPS) is 23.1. The molecule has 0 spiro atoms. The lowest BCUT2D eigenvalue weighted by atomic mass is 9.86. The number of hydrogen-bond acceptors (Lipinski definition) is 5. The first kappa shape index (κ1) is 14.1. The van der Waals surface area contributed by atoms with Crippen molar-refractivity contribution in [1.29, 1.82) is 0 Å². The molecule has 0 bridgehead atoms. The first-order valence-electron chi connectivity index (χ1n) is 7.15. The highest BCUT2D eigenvalue weighted by molar-refractivity contribution is 5.38. The number of nitrogens with zero attached hydrogens (tertiary/aromatic N) is 2. The van der Waals surface area contributed by atoms with Crippen LogP contribution in [0.3, 0.4) is 0 Å². The van der Waals surface area contributed by atoms with E-state index in [0.29, 0.717) is 24.4 Å². The summed E-state index contributed by atoms with van der Waals surface area (Å²) >= 11 is 0. The molecule has 1 aliphatic carbocycles. The Hall–Kier alpha value is -1.36. The molecule has 0 aromatic carbocycles. The van der Waals surface area contributed by atoms with Gasteiger partial charge in [-0.15, -0.1) is 0 Å². The number of aromatic nitrogens is 2. The van der Waals surface area contributed by atoms with E-state index in [4.69, 9.17) is 10.5 Å². The SMILES string of the molecule is CCOc1cc(NCC2CCCC(N)C2)nc(C)n1. The van der Waals surface area contributed by atoms with Crippen molar-refractivity contribution in [2.75, 3.05) is 18.5 Å². The van der Waals surface area contributed by atoms with Crippen molar-refractivity contribution in [1.82, 2.24) is 9.97 Å². The van der Waals surface area contributed by atoms with E-state index in [1.54, 1.807) is 0 Å². The van der Waals surface area contributed by atoms with Crippen LogP contribution in [-0.4, -0.2) is 29.2 Å². The van der Waals surface area contributed by atoms with Crippen LogP contribution in [0.4, 0.5) is 5.82 Å². The third kappa shape index (κ3) is 4.35. The van der Waals surface area contributed by atoms with Crippen LogP contribution in [0.15, 0.2) is 6.07 Å². The van der Waals surface area contributed by atoms with Crippen LogP contribution in [0.25, 0.3) is 0 Å². The van der Waals surface area contributed by atoms with E-state index >= 15 is 0 Å². The second-order valence-electron chi connectivity index (χ2n) is 5.25. The van der Waals surface area contributed by atoms with Gasteiger partial charge in [-0.2, -0.15) is 4.98 Å². The van der Waals surface area contributed by atoms with E-state index in [0.717, 1.165) is 31.0 Å². The van der Waals surface area contributed by atoms with Gasteiger partial charge < -0.3 is 15.8 Å². The van der Waals surface area contributed by atoms with Gasteiger partial charge in [-0.1, -0.05) is 6.42 Å². The lowest BCUT2D eigenvalue weighted by Crippen LogP contribution is -2.31. The fraction of sp³-hybridized carbons (Fsp3) is 0.714. The molecule has 3 N–H and O–H groups in total. The highest BCUT2D eigenvalue weighted by Crippen LogP contribution is 2.23. The second-order valence-corrected chi connectivity index (χ2v) is 5.25. The fourth-order valence-corrected chi connectivity index (χ4v) is 2.62. The van der Waals surface area contributed by atoms with Crippen LogP contribution in [0.1, 0.15) is 38.4 Å². The van der Waals surface area contributed by atoms with Crippen molar-refractivity contribution >= 4 is 5.82 Å². The van der Waals surface area contributed by atoms with E-state index in [1.807, 2.05) is 19.9 Å². The smallest absolute Gasteiger partial charge is 0.218 e. The number of hydrogen-bond donors (Lipinski definition) is 2. The summed E-state index contributed by atoms with van der Waals surface area (Å²) in [6, 6.07) is 2.23. The van der Waals surface area contributed by atoms with E-state index in [1.165, 1.54) is 12.8 Å². The average molecular weight is 264 g/mol. The summed E-state index contributed by atoms with van der Waals surface area (Å²) in [5.41, 5.74) is 6.01. The van der Waals surface area contributed by atoms with Gasteiger partial charge in [-0.3, -0.25) is 0 Å². The lowest BCUT2D eigenvalue weighted by molar-refractivity contribution is 0.325. The zero-order chi connectivity index (χ0) is 13.7. The quantitative estimate of drug-likeness (QED) is 0.852. The van der Waals surface area contributed by atoms with Gasteiger partial charge in [0.2, 0.25) is 5.88 Å². The zero-order valence-electron chi connectivity index (χ0n) is 11.9. The van der Waals surface area contributed by atoms with E-state index in [-0.39, 0.29) is 0 Å². The third-order valence-corrected chi connectivity index (χ3v) is 3.50. The molecule has 1 aliphatic rings. The summed E-state index contributed by atoms with van der Waals surface area (Å²) in [6.45, 7) is 5.38. The molecule has 0 aliphatic heterocycles. The van der Waals surface area contributed by atoms with Crippen molar-refractivity contribution in [3.05, 3.63) is 11.9 Å². The Morgan fingerprint density at radius 2 is 2.26 bits per heavy atom. The summed E-state index contributed by atoms with van der Waals surface area (Å²) < 4.78 is 5.43. The van der Waals surface area contributed by atoms with E-state index in [2.05, 4.69) is 15.3 Å². The predicted molar refractivity (Wildman–Crippen MR) is 76.4 cm³/mol. The Bertz CT molecular complexity index is 410. The van der Waals surface area contributed by atoms with Crippen LogP contribution in [-0.2, 0) is 0 Å². The minimum Gasteiger partial charge on any atom is -0.478 e. The summed E-state index contributed by atoms with van der Waals surface area (Å²) in [5, 5.41) is 3.39. The highest BCUT2D eigenvalue weighted by Gasteiger charge is 2.19. The molecule has 2 atom stereocenters. The third-order valence-electron chi connectivity index (χ3n) is 3.50. The standard InChI is InChI=1S/C14H24N4O/c1-3-19-14-8-13(17-10(2)18-14)16-9-11-5-4-6-12(15)7-11/h8,11-12H,3-7,9,15H2,1-2H3,(H,16,17,18). The van der Waals surface area contributed by atoms with Crippen molar-refractivity contribution in [2.45, 2.75) is 45.6 Å². The van der Waals surface area contributed by atoms with Gasteiger partial charge in [0.05, 0.1) is 6.61 Å². The van der Waals surface area contributed by atoms with Crippen LogP contribution in [0.5, 0.6) is 5.88 Å². The summed E-state index contributed by atoms with van der Waals surface area (Å²) in [4.78, 5) is 8.62. The van der Waals surface area contributed by atoms with Crippen molar-refractivity contribution in [2.24, 2.45) is 11.7 Å². The molecule has 5 nitrogen and oxygen atoms in total. The molecule has 1 saturated carbocycles. The maximum Gasteiger partial charge on any atom is 0.218 e. The molecule has 1 aromatic rings. The summed E-state index contributed by atoms with van der Waals surface area (Å²) in [7, 11) is 0. The maximum atomic E-state index is 6.01. The molecule has 1 fully saturated rings. The molecule has 2 rings (SSSR count). The Balaban J connectivity index is 1.91. The van der Waals surface area contributed by atoms with Gasteiger partial charge in [-0.05, 0) is 39.0 Å². The highest BCUT2D eigenvalue weighted by atomic mass is 16.5. The van der Waals surface area contributed by atoms with Gasteiger partial charge in [0.15, 0.2) is 0 Å². The van der Waals surface area contributed by atoms with Gasteiger partial charge in [0, 0.05) is 18.7 Å². The molecule has 0 radical (unpaired) electrons.